The highest BCUT2D eigenvalue weighted by Gasteiger charge is 2.33. The van der Waals surface area contributed by atoms with Crippen LogP contribution >= 0.6 is 0 Å². The summed E-state index contributed by atoms with van der Waals surface area (Å²) in [6.45, 7) is 11.3. The second kappa shape index (κ2) is 4.97. The van der Waals surface area contributed by atoms with Crippen molar-refractivity contribution in [1.82, 2.24) is 4.90 Å². The van der Waals surface area contributed by atoms with Gasteiger partial charge in [-0.25, -0.2) is 0 Å². The molecule has 0 spiro atoms. The molecule has 3 nitrogen and oxygen atoms in total. The minimum absolute atomic E-state index is 0.142. The van der Waals surface area contributed by atoms with Crippen molar-refractivity contribution < 1.29 is 9.53 Å². The Morgan fingerprint density at radius 2 is 2.13 bits per heavy atom. The largest absolute Gasteiger partial charge is 0.372 e. The molecule has 1 amide bonds. The Hall–Kier alpha value is -0.570. The van der Waals surface area contributed by atoms with Gasteiger partial charge in [0.05, 0.1) is 0 Å². The molecule has 1 unspecified atom stereocenters. The van der Waals surface area contributed by atoms with E-state index in [0.29, 0.717) is 17.9 Å². The van der Waals surface area contributed by atoms with Gasteiger partial charge in [0.1, 0.15) is 6.61 Å². The van der Waals surface area contributed by atoms with E-state index in [4.69, 9.17) is 4.74 Å². The predicted octanol–water partition coefficient (Wildman–Crippen LogP) is 1.92. The Morgan fingerprint density at radius 1 is 1.47 bits per heavy atom. The van der Waals surface area contributed by atoms with Crippen molar-refractivity contribution in [1.29, 1.82) is 0 Å². The molecular weight excluding hydrogens is 190 g/mol. The van der Waals surface area contributed by atoms with Gasteiger partial charge < -0.3 is 9.64 Å². The highest BCUT2D eigenvalue weighted by atomic mass is 16.5. The fraction of sp³-hybridized carbons (Fsp3) is 0.917. The third-order valence-electron chi connectivity index (χ3n) is 3.20. The van der Waals surface area contributed by atoms with Crippen LogP contribution in [0.3, 0.4) is 0 Å². The van der Waals surface area contributed by atoms with Crippen molar-refractivity contribution in [3.05, 3.63) is 0 Å². The molecule has 15 heavy (non-hydrogen) atoms. The van der Waals surface area contributed by atoms with Crippen molar-refractivity contribution in [3.8, 4) is 0 Å². The van der Waals surface area contributed by atoms with Gasteiger partial charge in [0.25, 0.3) is 0 Å². The molecule has 0 aromatic carbocycles. The molecule has 0 aromatic heterocycles. The van der Waals surface area contributed by atoms with Crippen molar-refractivity contribution in [2.24, 2.45) is 11.3 Å². The van der Waals surface area contributed by atoms with Crippen LogP contribution in [0.25, 0.3) is 0 Å². The summed E-state index contributed by atoms with van der Waals surface area (Å²) in [6, 6.07) is 0. The zero-order chi connectivity index (χ0) is 11.5. The molecule has 1 aliphatic heterocycles. The monoisotopic (exact) mass is 213 g/mol. The van der Waals surface area contributed by atoms with Gasteiger partial charge in [0.15, 0.2) is 0 Å². The van der Waals surface area contributed by atoms with E-state index < -0.39 is 0 Å². The van der Waals surface area contributed by atoms with Gasteiger partial charge in [-0.2, -0.15) is 0 Å². The number of carbonyl (C=O) groups excluding carboxylic acids is 1. The van der Waals surface area contributed by atoms with Crippen LogP contribution in [0, 0.1) is 11.3 Å². The summed E-state index contributed by atoms with van der Waals surface area (Å²) in [5.41, 5.74) is 0.306. The average Bonchev–Trinajstić information content (AvgIpc) is 2.62. The first-order chi connectivity index (χ1) is 6.95. The first-order valence-electron chi connectivity index (χ1n) is 5.80. The Bertz CT molecular complexity index is 220. The van der Waals surface area contributed by atoms with Crippen molar-refractivity contribution in [2.75, 3.05) is 26.3 Å². The van der Waals surface area contributed by atoms with Crippen LogP contribution in [0.4, 0.5) is 0 Å². The maximum atomic E-state index is 11.7. The van der Waals surface area contributed by atoms with Crippen LogP contribution in [-0.2, 0) is 9.53 Å². The summed E-state index contributed by atoms with van der Waals surface area (Å²) >= 11 is 0. The number of carbonyl (C=O) groups is 1. The number of hydrogen-bond donors (Lipinski definition) is 0. The van der Waals surface area contributed by atoms with Crippen LogP contribution in [0.15, 0.2) is 0 Å². The molecule has 1 heterocycles. The molecule has 3 heteroatoms. The van der Waals surface area contributed by atoms with Crippen LogP contribution in [0.5, 0.6) is 0 Å². The fourth-order valence-electron chi connectivity index (χ4n) is 1.97. The van der Waals surface area contributed by atoms with Crippen LogP contribution < -0.4 is 0 Å². The normalized spacial score (nSPS) is 22.1. The van der Waals surface area contributed by atoms with E-state index in [1.165, 1.54) is 0 Å². The third-order valence-corrected chi connectivity index (χ3v) is 3.20. The molecule has 1 saturated heterocycles. The molecule has 0 bridgehead atoms. The standard InChI is InChI=1S/C12H23NO2/c1-5-15-9-11(14)13-7-6-10(8-13)12(2,3)4/h10H,5-9H2,1-4H3. The molecule has 0 saturated carbocycles. The minimum Gasteiger partial charge on any atom is -0.372 e. The van der Waals surface area contributed by atoms with Gasteiger partial charge in [-0.05, 0) is 24.7 Å². The summed E-state index contributed by atoms with van der Waals surface area (Å²) in [7, 11) is 0. The molecule has 0 N–H and O–H groups in total. The summed E-state index contributed by atoms with van der Waals surface area (Å²) in [5, 5.41) is 0. The van der Waals surface area contributed by atoms with Crippen molar-refractivity contribution in [2.45, 2.75) is 34.1 Å². The number of ether oxygens (including phenoxy) is 1. The lowest BCUT2D eigenvalue weighted by molar-refractivity contribution is -0.135. The first kappa shape index (κ1) is 12.5. The van der Waals surface area contributed by atoms with E-state index in [1.54, 1.807) is 0 Å². The van der Waals surface area contributed by atoms with E-state index in [1.807, 2.05) is 11.8 Å². The molecule has 1 aliphatic rings. The van der Waals surface area contributed by atoms with E-state index in [0.717, 1.165) is 19.5 Å². The average molecular weight is 213 g/mol. The number of hydrogen-bond acceptors (Lipinski definition) is 2. The molecule has 1 rings (SSSR count). The van der Waals surface area contributed by atoms with E-state index in [2.05, 4.69) is 20.8 Å². The first-order valence-corrected chi connectivity index (χ1v) is 5.80. The van der Waals surface area contributed by atoms with Crippen molar-refractivity contribution in [3.63, 3.8) is 0 Å². The number of nitrogens with zero attached hydrogens (tertiary/aromatic N) is 1. The van der Waals surface area contributed by atoms with E-state index in [-0.39, 0.29) is 12.5 Å². The van der Waals surface area contributed by atoms with E-state index >= 15 is 0 Å². The maximum Gasteiger partial charge on any atom is 0.248 e. The molecule has 0 radical (unpaired) electrons. The van der Waals surface area contributed by atoms with Crippen LogP contribution in [0.2, 0.25) is 0 Å². The topological polar surface area (TPSA) is 29.5 Å². The zero-order valence-electron chi connectivity index (χ0n) is 10.4. The second-order valence-electron chi connectivity index (χ2n) is 5.33. The fourth-order valence-corrected chi connectivity index (χ4v) is 1.97. The Balaban J connectivity index is 2.39. The Morgan fingerprint density at radius 3 is 2.60 bits per heavy atom. The van der Waals surface area contributed by atoms with Gasteiger partial charge in [-0.1, -0.05) is 20.8 Å². The molecule has 0 aromatic rings. The Kier molecular flexibility index (Phi) is 4.14. The van der Waals surface area contributed by atoms with Gasteiger partial charge in [-0.15, -0.1) is 0 Å². The zero-order valence-corrected chi connectivity index (χ0v) is 10.4. The smallest absolute Gasteiger partial charge is 0.248 e. The number of likely N-dealkylation sites (tertiary alicyclic amines) is 1. The SMILES string of the molecule is CCOCC(=O)N1CCC(C(C)(C)C)C1. The lowest BCUT2D eigenvalue weighted by Gasteiger charge is -2.26. The van der Waals surface area contributed by atoms with Gasteiger partial charge in [0.2, 0.25) is 5.91 Å². The predicted molar refractivity (Wildman–Crippen MR) is 60.6 cm³/mol. The number of rotatable bonds is 3. The Labute approximate surface area is 92.8 Å². The summed E-state index contributed by atoms with van der Waals surface area (Å²) < 4.78 is 5.14. The summed E-state index contributed by atoms with van der Waals surface area (Å²) in [6.07, 6.45) is 1.13. The maximum absolute atomic E-state index is 11.7. The van der Waals surface area contributed by atoms with E-state index in [9.17, 15) is 4.79 Å². The molecule has 1 fully saturated rings. The van der Waals surface area contributed by atoms with Gasteiger partial charge in [-0.3, -0.25) is 4.79 Å². The lowest BCUT2D eigenvalue weighted by Crippen LogP contribution is -2.33. The van der Waals surface area contributed by atoms with Crippen LogP contribution in [-0.4, -0.2) is 37.1 Å². The quantitative estimate of drug-likeness (QED) is 0.717. The highest BCUT2D eigenvalue weighted by Crippen LogP contribution is 2.33. The molecule has 88 valence electrons. The summed E-state index contributed by atoms with van der Waals surface area (Å²) in [5.74, 6) is 0.770. The third kappa shape index (κ3) is 3.49. The molecular formula is C12H23NO2. The highest BCUT2D eigenvalue weighted by molar-refractivity contribution is 5.77. The van der Waals surface area contributed by atoms with Crippen molar-refractivity contribution >= 4 is 5.91 Å². The number of amides is 1. The van der Waals surface area contributed by atoms with Crippen LogP contribution in [0.1, 0.15) is 34.1 Å². The second-order valence-corrected chi connectivity index (χ2v) is 5.33. The molecule has 1 atom stereocenters. The molecule has 0 aliphatic carbocycles. The minimum atomic E-state index is 0.142. The summed E-state index contributed by atoms with van der Waals surface area (Å²) in [4.78, 5) is 13.6. The van der Waals surface area contributed by atoms with Gasteiger partial charge >= 0.3 is 0 Å². The lowest BCUT2D eigenvalue weighted by atomic mass is 9.80. The van der Waals surface area contributed by atoms with Gasteiger partial charge in [0, 0.05) is 19.7 Å².